The molecule has 2 atom stereocenters. The van der Waals surface area contributed by atoms with E-state index in [2.05, 4.69) is 23.3 Å². The molecule has 3 rings (SSSR count). The lowest BCUT2D eigenvalue weighted by atomic mass is 9.88. The Morgan fingerprint density at radius 2 is 1.86 bits per heavy atom. The van der Waals surface area contributed by atoms with Gasteiger partial charge in [-0.15, -0.1) is 0 Å². The minimum atomic E-state index is -4.55. The van der Waals surface area contributed by atoms with Crippen molar-refractivity contribution in [2.45, 2.75) is 78.3 Å². The van der Waals surface area contributed by atoms with Crippen LogP contribution in [0.1, 0.15) is 74.4 Å². The van der Waals surface area contributed by atoms with E-state index in [0.29, 0.717) is 30.8 Å². The first-order valence-corrected chi connectivity index (χ1v) is 15.3. The maximum Gasteiger partial charge on any atom is 0.416 e. The van der Waals surface area contributed by atoms with Gasteiger partial charge >= 0.3 is 6.18 Å². The fourth-order valence-corrected chi connectivity index (χ4v) is 5.41. The van der Waals surface area contributed by atoms with Gasteiger partial charge in [0.05, 0.1) is 35.6 Å². The zero-order chi connectivity index (χ0) is 32.3. The minimum absolute atomic E-state index is 0.0318. The number of nitriles is 1. The molecule has 3 N–H and O–H groups in total. The molecule has 7 nitrogen and oxygen atoms in total. The molecule has 44 heavy (non-hydrogen) atoms. The topological polar surface area (TPSA) is 100.0 Å². The van der Waals surface area contributed by atoms with Gasteiger partial charge in [0.25, 0.3) is 0 Å². The zero-order valence-corrected chi connectivity index (χ0v) is 26.3. The molecule has 236 valence electrons. The quantitative estimate of drug-likeness (QED) is 0.114. The van der Waals surface area contributed by atoms with Gasteiger partial charge in [-0.3, -0.25) is 4.79 Å². The number of nitrogens with zero attached hydrogens (tertiary/aromatic N) is 4. The third kappa shape index (κ3) is 9.89. The van der Waals surface area contributed by atoms with E-state index in [4.69, 9.17) is 23.2 Å². The SMILES string of the molecule is CCCCCNC(=S)N(Cc1ccccc1C(F)(F)F)C(N)[C@H](CC(C)C)C(=O)Cc1cncn1Cc1ccc(C#N)cc1. The number of ketones is 1. The van der Waals surface area contributed by atoms with Crippen LogP contribution in [0.3, 0.4) is 0 Å². The van der Waals surface area contributed by atoms with Gasteiger partial charge in [0.1, 0.15) is 5.78 Å². The standard InChI is InChI=1S/C33H41F3N6OS/c1-4-5-8-15-40-32(44)42(21-26-9-6-7-10-29(26)33(34,35)36)31(38)28(16-23(2)3)30(43)17-27-19-39-22-41(27)20-25-13-11-24(18-37)12-14-25/h6-7,9-14,19,22-23,28,31H,4-5,8,15-17,20-21,38H2,1-3H3,(H,40,44)/t28-,31?/m1/s1. The number of imidazole rings is 1. The maximum absolute atomic E-state index is 14.0. The van der Waals surface area contributed by atoms with Crippen molar-refractivity contribution in [1.29, 1.82) is 5.26 Å². The Labute approximate surface area is 263 Å². The number of benzene rings is 2. The van der Waals surface area contributed by atoms with Crippen LogP contribution in [0.2, 0.25) is 0 Å². The number of alkyl halides is 3. The number of thiocarbonyl (C=S) groups is 1. The van der Waals surface area contributed by atoms with Gasteiger partial charge in [-0.25, -0.2) is 4.98 Å². The Hall–Kier alpha value is -3.75. The van der Waals surface area contributed by atoms with Crippen molar-refractivity contribution in [3.05, 3.63) is 89.0 Å². The number of aromatic nitrogens is 2. The van der Waals surface area contributed by atoms with E-state index in [-0.39, 0.29) is 35.3 Å². The summed E-state index contributed by atoms with van der Waals surface area (Å²) in [6.45, 7) is 6.84. The largest absolute Gasteiger partial charge is 0.416 e. The number of hydrogen-bond donors (Lipinski definition) is 2. The lowest BCUT2D eigenvalue weighted by Crippen LogP contribution is -2.55. The van der Waals surface area contributed by atoms with Crippen LogP contribution in [0.15, 0.2) is 61.1 Å². The van der Waals surface area contributed by atoms with Crippen LogP contribution in [0.4, 0.5) is 13.2 Å². The summed E-state index contributed by atoms with van der Waals surface area (Å²) >= 11 is 5.69. The Morgan fingerprint density at radius 3 is 2.50 bits per heavy atom. The van der Waals surface area contributed by atoms with Crippen molar-refractivity contribution in [3.63, 3.8) is 0 Å². The molecule has 0 aliphatic rings. The summed E-state index contributed by atoms with van der Waals surface area (Å²) in [6.07, 6.45) is 1.06. The molecule has 1 aromatic heterocycles. The third-order valence-corrected chi connectivity index (χ3v) is 7.86. The highest BCUT2D eigenvalue weighted by Crippen LogP contribution is 2.33. The number of hydrogen-bond acceptors (Lipinski definition) is 5. The fourth-order valence-electron chi connectivity index (χ4n) is 5.12. The van der Waals surface area contributed by atoms with E-state index in [1.165, 1.54) is 17.0 Å². The van der Waals surface area contributed by atoms with E-state index in [1.807, 2.05) is 30.5 Å². The number of halogens is 3. The first-order valence-electron chi connectivity index (χ1n) is 14.9. The predicted molar refractivity (Wildman–Crippen MR) is 169 cm³/mol. The van der Waals surface area contributed by atoms with E-state index in [0.717, 1.165) is 30.9 Å². The van der Waals surface area contributed by atoms with E-state index >= 15 is 0 Å². The molecule has 1 heterocycles. The number of nitrogens with one attached hydrogen (secondary N) is 1. The number of Topliss-reactive ketones (excluding diaryl/α,β-unsaturated/α-hetero) is 1. The molecule has 0 aliphatic carbocycles. The van der Waals surface area contributed by atoms with Crippen LogP contribution >= 0.6 is 12.2 Å². The van der Waals surface area contributed by atoms with Gasteiger partial charge in [-0.05, 0) is 60.3 Å². The Kier molecular flexibility index (Phi) is 12.9. The Bertz CT molecular complexity index is 1410. The number of carbonyl (C=O) groups excluding carboxylic acids is 1. The van der Waals surface area contributed by atoms with Gasteiger partial charge < -0.3 is 20.5 Å². The molecule has 0 fully saturated rings. The van der Waals surface area contributed by atoms with Crippen molar-refractivity contribution in [3.8, 4) is 6.07 Å². The molecule has 3 aromatic rings. The molecule has 2 aromatic carbocycles. The molecule has 0 amide bonds. The lowest BCUT2D eigenvalue weighted by molar-refractivity contribution is -0.138. The molecule has 0 aliphatic heterocycles. The van der Waals surface area contributed by atoms with Crippen molar-refractivity contribution >= 4 is 23.1 Å². The van der Waals surface area contributed by atoms with Crippen molar-refractivity contribution in [2.24, 2.45) is 17.6 Å². The van der Waals surface area contributed by atoms with E-state index < -0.39 is 23.8 Å². The summed E-state index contributed by atoms with van der Waals surface area (Å²) in [5, 5.41) is 12.5. The second-order valence-electron chi connectivity index (χ2n) is 11.4. The average molecular weight is 627 g/mol. The smallest absolute Gasteiger partial charge is 0.363 e. The highest BCUT2D eigenvalue weighted by molar-refractivity contribution is 7.80. The van der Waals surface area contributed by atoms with Crippen molar-refractivity contribution in [2.75, 3.05) is 6.54 Å². The summed E-state index contributed by atoms with van der Waals surface area (Å²) in [5.74, 6) is -0.758. The van der Waals surface area contributed by atoms with Crippen LogP contribution in [-0.2, 0) is 30.5 Å². The predicted octanol–water partition coefficient (Wildman–Crippen LogP) is 6.45. The molecule has 0 radical (unpaired) electrons. The van der Waals surface area contributed by atoms with E-state index in [1.54, 1.807) is 30.7 Å². The Balaban J connectivity index is 1.89. The molecule has 0 spiro atoms. The summed E-state index contributed by atoms with van der Waals surface area (Å²) in [7, 11) is 0. The first kappa shape index (κ1) is 34.7. The zero-order valence-electron chi connectivity index (χ0n) is 25.5. The second-order valence-corrected chi connectivity index (χ2v) is 11.8. The first-order chi connectivity index (χ1) is 20.9. The number of nitrogens with two attached hydrogens (primary N) is 1. The van der Waals surface area contributed by atoms with Gasteiger partial charge in [0, 0.05) is 37.9 Å². The molecular formula is C33H41F3N6OS. The average Bonchev–Trinajstić information content (AvgIpc) is 3.42. The van der Waals surface area contributed by atoms with Crippen molar-refractivity contribution in [1.82, 2.24) is 19.8 Å². The molecule has 0 saturated carbocycles. The number of carbonyl (C=O) groups is 1. The summed E-state index contributed by atoms with van der Waals surface area (Å²) in [6, 6.07) is 14.6. The summed E-state index contributed by atoms with van der Waals surface area (Å²) in [5.41, 5.74) is 8.28. The summed E-state index contributed by atoms with van der Waals surface area (Å²) < 4.78 is 43.6. The molecule has 0 bridgehead atoms. The van der Waals surface area contributed by atoms with Crippen LogP contribution in [0, 0.1) is 23.2 Å². The summed E-state index contributed by atoms with van der Waals surface area (Å²) in [4.78, 5) is 19.7. The highest BCUT2D eigenvalue weighted by Gasteiger charge is 2.36. The maximum atomic E-state index is 14.0. The Morgan fingerprint density at radius 1 is 1.16 bits per heavy atom. The van der Waals surface area contributed by atoms with Crippen LogP contribution < -0.4 is 11.1 Å². The van der Waals surface area contributed by atoms with Crippen molar-refractivity contribution < 1.29 is 18.0 Å². The molecular weight excluding hydrogens is 585 g/mol. The highest BCUT2D eigenvalue weighted by atomic mass is 32.1. The second kappa shape index (κ2) is 16.4. The van der Waals surface area contributed by atoms with Crippen LogP contribution in [0.25, 0.3) is 0 Å². The lowest BCUT2D eigenvalue weighted by Gasteiger charge is -2.37. The fraction of sp³-hybridized carbons (Fsp3) is 0.455. The van der Waals surface area contributed by atoms with Crippen LogP contribution in [-0.4, -0.2) is 38.1 Å². The minimum Gasteiger partial charge on any atom is -0.363 e. The normalized spacial score (nSPS) is 12.9. The van der Waals surface area contributed by atoms with Gasteiger partial charge in [0.2, 0.25) is 0 Å². The number of unbranched alkanes of at least 4 members (excludes halogenated alkanes) is 2. The van der Waals surface area contributed by atoms with Crippen LogP contribution in [0.5, 0.6) is 0 Å². The number of rotatable bonds is 15. The third-order valence-electron chi connectivity index (χ3n) is 7.48. The molecule has 1 unspecified atom stereocenters. The molecule has 0 saturated heterocycles. The molecule has 11 heteroatoms. The van der Waals surface area contributed by atoms with Gasteiger partial charge in [0.15, 0.2) is 5.11 Å². The van der Waals surface area contributed by atoms with E-state index in [9.17, 15) is 18.0 Å². The van der Waals surface area contributed by atoms with Gasteiger partial charge in [-0.2, -0.15) is 18.4 Å². The van der Waals surface area contributed by atoms with Gasteiger partial charge in [-0.1, -0.05) is 63.9 Å². The monoisotopic (exact) mass is 626 g/mol.